The van der Waals surface area contributed by atoms with Crippen molar-refractivity contribution in [3.8, 4) is 0 Å². The van der Waals surface area contributed by atoms with Gasteiger partial charge < -0.3 is 10.3 Å². The molecule has 6 nitrogen and oxygen atoms in total. The fraction of sp³-hybridized carbons (Fsp3) is 0.136. The topological polar surface area (TPSA) is 82.3 Å². The number of benzene rings is 2. The zero-order valence-corrected chi connectivity index (χ0v) is 17.4. The van der Waals surface area contributed by atoms with Crippen molar-refractivity contribution in [2.24, 2.45) is 0 Å². The second kappa shape index (κ2) is 8.77. The van der Waals surface area contributed by atoms with Gasteiger partial charge in [0.05, 0.1) is 4.91 Å². The zero-order valence-electron chi connectivity index (χ0n) is 15.9. The Balaban J connectivity index is 1.33. The fourth-order valence-corrected chi connectivity index (χ4v) is 4.19. The second-order valence-electron chi connectivity index (χ2n) is 6.78. The summed E-state index contributed by atoms with van der Waals surface area (Å²) in [5, 5.41) is 4.03. The molecule has 0 atom stereocenters. The Hall–Kier alpha value is -3.03. The van der Waals surface area contributed by atoms with Crippen LogP contribution in [0.1, 0.15) is 11.1 Å². The maximum Gasteiger partial charge on any atom is 0.294 e. The third-order valence-corrected chi connectivity index (χ3v) is 5.89. The Labute approximate surface area is 182 Å². The molecule has 30 heavy (non-hydrogen) atoms. The molecule has 0 unspecified atom stereocenters. The van der Waals surface area contributed by atoms with Crippen molar-refractivity contribution >= 4 is 57.4 Å². The van der Waals surface area contributed by atoms with Crippen molar-refractivity contribution in [1.29, 1.82) is 0 Å². The minimum Gasteiger partial charge on any atom is -0.361 e. The molecule has 1 fully saturated rings. The van der Waals surface area contributed by atoms with Crippen molar-refractivity contribution in [2.75, 3.05) is 13.1 Å². The molecule has 0 bridgehead atoms. The van der Waals surface area contributed by atoms with Gasteiger partial charge >= 0.3 is 0 Å². The van der Waals surface area contributed by atoms with Crippen LogP contribution in [0.5, 0.6) is 0 Å². The van der Waals surface area contributed by atoms with Gasteiger partial charge in [-0.15, -0.1) is 0 Å². The van der Waals surface area contributed by atoms with E-state index in [9.17, 15) is 14.4 Å². The molecule has 0 aliphatic carbocycles. The number of aromatic amines is 1. The lowest BCUT2D eigenvalue weighted by atomic mass is 10.1. The number of para-hydroxylation sites is 1. The molecule has 4 rings (SSSR count). The molecular formula is C22H18ClN3O3S. The maximum absolute atomic E-state index is 12.5. The van der Waals surface area contributed by atoms with E-state index in [1.54, 1.807) is 30.3 Å². The molecule has 0 radical (unpaired) electrons. The van der Waals surface area contributed by atoms with Crippen molar-refractivity contribution in [3.05, 3.63) is 75.8 Å². The van der Waals surface area contributed by atoms with Crippen molar-refractivity contribution in [2.45, 2.75) is 6.42 Å². The van der Waals surface area contributed by atoms with Crippen LogP contribution in [0.25, 0.3) is 17.0 Å². The predicted octanol–water partition coefficient (Wildman–Crippen LogP) is 4.22. The van der Waals surface area contributed by atoms with Gasteiger partial charge in [0.1, 0.15) is 6.54 Å². The first-order valence-electron chi connectivity index (χ1n) is 9.34. The Morgan fingerprint density at radius 2 is 1.90 bits per heavy atom. The minimum atomic E-state index is -0.466. The van der Waals surface area contributed by atoms with Gasteiger partial charge in [-0.25, -0.2) is 0 Å². The summed E-state index contributed by atoms with van der Waals surface area (Å²) in [7, 11) is 0. The van der Waals surface area contributed by atoms with E-state index in [1.807, 2.05) is 30.5 Å². The van der Waals surface area contributed by atoms with Crippen LogP contribution in [-0.2, 0) is 16.0 Å². The third kappa shape index (κ3) is 4.42. The highest BCUT2D eigenvalue weighted by Crippen LogP contribution is 2.32. The molecule has 0 saturated carbocycles. The molecule has 152 valence electrons. The molecule has 3 amide bonds. The Bertz CT molecular complexity index is 1150. The van der Waals surface area contributed by atoms with Crippen LogP contribution in [0.15, 0.2) is 59.6 Å². The number of thioether (sulfide) groups is 1. The van der Waals surface area contributed by atoms with Crippen molar-refractivity contribution in [1.82, 2.24) is 15.2 Å². The minimum absolute atomic E-state index is 0.286. The van der Waals surface area contributed by atoms with E-state index >= 15 is 0 Å². The summed E-state index contributed by atoms with van der Waals surface area (Å²) in [6.45, 7) is 0.119. The standard InChI is InChI=1S/C22H18ClN3O3S/c23-16-7-5-14(6-8-16)11-19-21(28)26(22(29)30-19)13-20(27)24-10-9-15-12-25-18-4-2-1-3-17(15)18/h1-8,11-12,25H,9-10,13H2,(H,24,27). The van der Waals surface area contributed by atoms with E-state index in [0.29, 0.717) is 18.0 Å². The van der Waals surface area contributed by atoms with Crippen LogP contribution in [0.4, 0.5) is 4.79 Å². The number of aromatic nitrogens is 1. The van der Waals surface area contributed by atoms with E-state index < -0.39 is 11.1 Å². The molecule has 1 saturated heterocycles. The lowest BCUT2D eigenvalue weighted by molar-refractivity contribution is -0.129. The molecule has 2 N–H and O–H groups in total. The summed E-state index contributed by atoms with van der Waals surface area (Å²) in [6.07, 6.45) is 4.19. The molecule has 8 heteroatoms. The van der Waals surface area contributed by atoms with Gasteiger partial charge in [-0.05, 0) is 53.6 Å². The summed E-state index contributed by atoms with van der Waals surface area (Å²) < 4.78 is 0. The SMILES string of the molecule is O=C(CN1C(=O)SC(=Cc2ccc(Cl)cc2)C1=O)NCCc1c[nH]c2ccccc12. The van der Waals surface area contributed by atoms with Crippen LogP contribution in [0, 0.1) is 0 Å². The van der Waals surface area contributed by atoms with E-state index in [-0.39, 0.29) is 17.4 Å². The Morgan fingerprint density at radius 3 is 2.70 bits per heavy atom. The van der Waals surface area contributed by atoms with Gasteiger partial charge in [-0.2, -0.15) is 0 Å². The smallest absolute Gasteiger partial charge is 0.294 e. The summed E-state index contributed by atoms with van der Waals surface area (Å²) >= 11 is 6.69. The first-order valence-corrected chi connectivity index (χ1v) is 10.5. The molecule has 2 aromatic carbocycles. The van der Waals surface area contributed by atoms with E-state index in [0.717, 1.165) is 38.7 Å². The monoisotopic (exact) mass is 439 g/mol. The maximum atomic E-state index is 12.5. The number of nitrogens with one attached hydrogen (secondary N) is 2. The number of imide groups is 1. The van der Waals surface area contributed by atoms with Gasteiger partial charge in [0, 0.05) is 28.7 Å². The highest BCUT2D eigenvalue weighted by Gasteiger charge is 2.36. The van der Waals surface area contributed by atoms with Crippen LogP contribution in [-0.4, -0.2) is 40.0 Å². The largest absolute Gasteiger partial charge is 0.361 e. The fourth-order valence-electron chi connectivity index (χ4n) is 3.22. The highest BCUT2D eigenvalue weighted by molar-refractivity contribution is 8.18. The predicted molar refractivity (Wildman–Crippen MR) is 119 cm³/mol. The van der Waals surface area contributed by atoms with Crippen LogP contribution >= 0.6 is 23.4 Å². The number of halogens is 1. The summed E-state index contributed by atoms with van der Waals surface area (Å²) in [4.78, 5) is 41.5. The first-order chi connectivity index (χ1) is 14.5. The average Bonchev–Trinajstić information content (AvgIpc) is 3.26. The van der Waals surface area contributed by atoms with Gasteiger partial charge in [0.15, 0.2) is 0 Å². The molecular weight excluding hydrogens is 422 g/mol. The van der Waals surface area contributed by atoms with E-state index in [1.165, 1.54) is 0 Å². The van der Waals surface area contributed by atoms with Crippen LogP contribution < -0.4 is 5.32 Å². The number of H-pyrrole nitrogens is 1. The number of carbonyl (C=O) groups is 3. The summed E-state index contributed by atoms with van der Waals surface area (Å²) in [5.74, 6) is -0.836. The molecule has 1 aliphatic heterocycles. The Morgan fingerprint density at radius 1 is 1.13 bits per heavy atom. The van der Waals surface area contributed by atoms with E-state index in [4.69, 9.17) is 11.6 Å². The van der Waals surface area contributed by atoms with Gasteiger partial charge in [-0.1, -0.05) is 41.9 Å². The lowest BCUT2D eigenvalue weighted by Gasteiger charge is -2.12. The number of hydrogen-bond acceptors (Lipinski definition) is 4. The number of fused-ring (bicyclic) bond motifs is 1. The van der Waals surface area contributed by atoms with Crippen LogP contribution in [0.2, 0.25) is 5.02 Å². The molecule has 2 heterocycles. The second-order valence-corrected chi connectivity index (χ2v) is 8.21. The van der Waals surface area contributed by atoms with Gasteiger partial charge in [0.25, 0.3) is 11.1 Å². The molecule has 3 aromatic rings. The molecule has 1 aliphatic rings. The average molecular weight is 440 g/mol. The summed E-state index contributed by atoms with van der Waals surface area (Å²) in [5.41, 5.74) is 2.90. The molecule has 0 spiro atoms. The quantitative estimate of drug-likeness (QED) is 0.563. The molecule has 1 aromatic heterocycles. The number of hydrogen-bond donors (Lipinski definition) is 2. The zero-order chi connectivity index (χ0) is 21.1. The first kappa shape index (κ1) is 20.3. The Kier molecular flexibility index (Phi) is 5.92. The lowest BCUT2D eigenvalue weighted by Crippen LogP contribution is -2.40. The highest BCUT2D eigenvalue weighted by atomic mass is 35.5. The van der Waals surface area contributed by atoms with Gasteiger partial charge in [0.2, 0.25) is 5.91 Å². The van der Waals surface area contributed by atoms with Crippen LogP contribution in [0.3, 0.4) is 0 Å². The number of rotatable bonds is 6. The van der Waals surface area contributed by atoms with Crippen molar-refractivity contribution in [3.63, 3.8) is 0 Å². The number of nitrogens with zero attached hydrogens (tertiary/aromatic N) is 1. The summed E-state index contributed by atoms with van der Waals surface area (Å²) in [6, 6.07) is 14.9. The third-order valence-electron chi connectivity index (χ3n) is 4.73. The number of carbonyl (C=O) groups excluding carboxylic acids is 3. The number of amides is 3. The normalized spacial score (nSPS) is 15.4. The van der Waals surface area contributed by atoms with Gasteiger partial charge in [-0.3, -0.25) is 19.3 Å². The van der Waals surface area contributed by atoms with Crippen molar-refractivity contribution < 1.29 is 14.4 Å². The van der Waals surface area contributed by atoms with E-state index in [2.05, 4.69) is 10.3 Å².